The lowest BCUT2D eigenvalue weighted by Gasteiger charge is -2.38. The van der Waals surface area contributed by atoms with E-state index in [-0.39, 0.29) is 6.10 Å². The normalized spacial score (nSPS) is 25.4. The molecule has 20 heavy (non-hydrogen) atoms. The van der Waals surface area contributed by atoms with Crippen LogP contribution >= 0.6 is 11.6 Å². The lowest BCUT2D eigenvalue weighted by atomic mass is 9.68. The van der Waals surface area contributed by atoms with Crippen molar-refractivity contribution in [1.29, 1.82) is 0 Å². The van der Waals surface area contributed by atoms with Crippen molar-refractivity contribution < 1.29 is 5.11 Å². The molecule has 0 saturated heterocycles. The number of hydrogen-bond acceptors (Lipinski definition) is 1. The van der Waals surface area contributed by atoms with Gasteiger partial charge in [-0.3, -0.25) is 0 Å². The van der Waals surface area contributed by atoms with Gasteiger partial charge >= 0.3 is 0 Å². The summed E-state index contributed by atoms with van der Waals surface area (Å²) in [6, 6.07) is 7.86. The summed E-state index contributed by atoms with van der Waals surface area (Å²) < 4.78 is 0. The average molecular weight is 295 g/mol. The molecule has 112 valence electrons. The van der Waals surface area contributed by atoms with E-state index < -0.39 is 0 Å². The van der Waals surface area contributed by atoms with Crippen LogP contribution in [-0.4, -0.2) is 11.2 Å². The van der Waals surface area contributed by atoms with E-state index in [0.29, 0.717) is 11.3 Å². The fourth-order valence-electron chi connectivity index (χ4n) is 3.44. The molecular formula is C18H27ClO. The van der Waals surface area contributed by atoms with Crippen LogP contribution in [0.3, 0.4) is 0 Å². The molecule has 1 nitrogen and oxygen atoms in total. The Morgan fingerprint density at radius 3 is 2.40 bits per heavy atom. The fraction of sp³-hybridized carbons (Fsp3) is 0.667. The van der Waals surface area contributed by atoms with E-state index >= 15 is 0 Å². The fourth-order valence-corrected chi connectivity index (χ4v) is 3.65. The van der Waals surface area contributed by atoms with Crippen molar-refractivity contribution in [3.05, 3.63) is 34.9 Å². The maximum absolute atomic E-state index is 10.5. The number of aliphatic hydroxyl groups is 1. The van der Waals surface area contributed by atoms with Crippen LogP contribution < -0.4 is 0 Å². The van der Waals surface area contributed by atoms with Gasteiger partial charge in [0.25, 0.3) is 0 Å². The Hall–Kier alpha value is -0.530. The highest BCUT2D eigenvalue weighted by Crippen LogP contribution is 2.41. The third kappa shape index (κ3) is 4.23. The molecule has 0 amide bonds. The van der Waals surface area contributed by atoms with Crippen LogP contribution in [0, 0.1) is 17.3 Å². The van der Waals surface area contributed by atoms with Gasteiger partial charge in [0.2, 0.25) is 0 Å². The molecule has 1 fully saturated rings. The predicted octanol–water partition coefficient (Wildman–Crippen LogP) is 5.10. The van der Waals surface area contributed by atoms with Gasteiger partial charge in [-0.15, -0.1) is 0 Å². The minimum atomic E-state index is -0.227. The van der Waals surface area contributed by atoms with Gasteiger partial charge in [-0.2, -0.15) is 0 Å². The monoisotopic (exact) mass is 294 g/mol. The van der Waals surface area contributed by atoms with Crippen molar-refractivity contribution in [2.75, 3.05) is 0 Å². The number of halogens is 1. The van der Waals surface area contributed by atoms with Crippen molar-refractivity contribution in [1.82, 2.24) is 0 Å². The Morgan fingerprint density at radius 2 is 1.85 bits per heavy atom. The topological polar surface area (TPSA) is 20.2 Å². The SMILES string of the molecule is CC(C)(C)C1CCC(C(O)Cc2cccc(Cl)c2)CC1. The zero-order chi connectivity index (χ0) is 14.8. The molecule has 1 aliphatic rings. The van der Waals surface area contributed by atoms with Crippen molar-refractivity contribution >= 4 is 11.6 Å². The molecule has 1 atom stereocenters. The van der Waals surface area contributed by atoms with Crippen molar-refractivity contribution in [3.63, 3.8) is 0 Å². The minimum absolute atomic E-state index is 0.227. The molecule has 0 spiro atoms. The average Bonchev–Trinajstić information content (AvgIpc) is 2.38. The van der Waals surface area contributed by atoms with Crippen LogP contribution in [0.15, 0.2) is 24.3 Å². The molecule has 0 radical (unpaired) electrons. The smallest absolute Gasteiger partial charge is 0.0608 e. The van der Waals surface area contributed by atoms with Gasteiger partial charge in [-0.05, 0) is 67.1 Å². The number of aliphatic hydroxyl groups excluding tert-OH is 1. The van der Waals surface area contributed by atoms with Gasteiger partial charge in [0, 0.05) is 5.02 Å². The standard InChI is InChI=1S/C18H27ClO/c1-18(2,3)15-9-7-14(8-10-15)17(20)12-13-5-4-6-16(19)11-13/h4-6,11,14-15,17,20H,7-10,12H2,1-3H3. The number of hydrogen-bond donors (Lipinski definition) is 1. The summed E-state index contributed by atoms with van der Waals surface area (Å²) in [7, 11) is 0. The first-order valence-electron chi connectivity index (χ1n) is 7.79. The highest BCUT2D eigenvalue weighted by Gasteiger charge is 2.32. The molecule has 1 aromatic rings. The van der Waals surface area contributed by atoms with E-state index in [1.54, 1.807) is 0 Å². The third-order valence-electron chi connectivity index (χ3n) is 4.87. The molecular weight excluding hydrogens is 268 g/mol. The summed E-state index contributed by atoms with van der Waals surface area (Å²) in [4.78, 5) is 0. The Bertz CT molecular complexity index is 427. The highest BCUT2D eigenvalue weighted by molar-refractivity contribution is 6.30. The Balaban J connectivity index is 1.87. The van der Waals surface area contributed by atoms with Gasteiger partial charge in [0.05, 0.1) is 6.10 Å². The van der Waals surface area contributed by atoms with E-state index in [4.69, 9.17) is 11.6 Å². The maximum atomic E-state index is 10.5. The van der Waals surface area contributed by atoms with Crippen LogP contribution in [0.2, 0.25) is 5.02 Å². The van der Waals surface area contributed by atoms with Gasteiger partial charge in [0.1, 0.15) is 0 Å². The second-order valence-electron chi connectivity index (χ2n) is 7.38. The van der Waals surface area contributed by atoms with Crippen LogP contribution in [-0.2, 0) is 6.42 Å². The third-order valence-corrected chi connectivity index (χ3v) is 5.11. The van der Waals surface area contributed by atoms with E-state index in [1.807, 2.05) is 18.2 Å². The van der Waals surface area contributed by atoms with E-state index in [1.165, 1.54) is 12.8 Å². The van der Waals surface area contributed by atoms with Gasteiger partial charge in [-0.1, -0.05) is 44.5 Å². The van der Waals surface area contributed by atoms with Crippen LogP contribution in [0.1, 0.15) is 52.0 Å². The lowest BCUT2D eigenvalue weighted by molar-refractivity contribution is 0.0537. The van der Waals surface area contributed by atoms with Gasteiger partial charge in [-0.25, -0.2) is 0 Å². The van der Waals surface area contributed by atoms with E-state index in [2.05, 4.69) is 26.8 Å². The number of rotatable bonds is 3. The minimum Gasteiger partial charge on any atom is -0.392 e. The predicted molar refractivity (Wildman–Crippen MR) is 86.1 cm³/mol. The van der Waals surface area contributed by atoms with Crippen molar-refractivity contribution in [2.24, 2.45) is 17.3 Å². The van der Waals surface area contributed by atoms with Gasteiger partial charge in [0.15, 0.2) is 0 Å². The summed E-state index contributed by atoms with van der Waals surface area (Å²) in [6.45, 7) is 7.00. The molecule has 1 N–H and O–H groups in total. The first-order chi connectivity index (χ1) is 9.36. The molecule has 1 aliphatic carbocycles. The van der Waals surface area contributed by atoms with Crippen LogP contribution in [0.4, 0.5) is 0 Å². The first kappa shape index (κ1) is 15.9. The highest BCUT2D eigenvalue weighted by atomic mass is 35.5. The Labute approximate surface area is 128 Å². The second kappa shape index (κ2) is 6.49. The molecule has 0 aromatic heterocycles. The molecule has 2 rings (SSSR count). The summed E-state index contributed by atoms with van der Waals surface area (Å²) in [6.07, 6.45) is 5.31. The molecule has 0 heterocycles. The molecule has 0 bridgehead atoms. The first-order valence-corrected chi connectivity index (χ1v) is 8.16. The molecule has 1 saturated carbocycles. The molecule has 2 heteroatoms. The van der Waals surface area contributed by atoms with E-state index in [9.17, 15) is 5.11 Å². The van der Waals surface area contributed by atoms with Crippen LogP contribution in [0.5, 0.6) is 0 Å². The van der Waals surface area contributed by atoms with Gasteiger partial charge < -0.3 is 5.11 Å². The largest absolute Gasteiger partial charge is 0.392 e. The quantitative estimate of drug-likeness (QED) is 0.822. The molecule has 1 aromatic carbocycles. The second-order valence-corrected chi connectivity index (χ2v) is 7.82. The van der Waals surface area contributed by atoms with E-state index in [0.717, 1.165) is 35.8 Å². The lowest BCUT2D eigenvalue weighted by Crippen LogP contribution is -2.31. The maximum Gasteiger partial charge on any atom is 0.0608 e. The number of benzene rings is 1. The van der Waals surface area contributed by atoms with Crippen molar-refractivity contribution in [2.45, 2.75) is 59.0 Å². The summed E-state index contributed by atoms with van der Waals surface area (Å²) in [5.74, 6) is 1.25. The Morgan fingerprint density at radius 1 is 1.20 bits per heavy atom. The van der Waals surface area contributed by atoms with Crippen molar-refractivity contribution in [3.8, 4) is 0 Å². The summed E-state index contributed by atoms with van der Waals surface area (Å²) in [5.41, 5.74) is 1.55. The summed E-state index contributed by atoms with van der Waals surface area (Å²) in [5, 5.41) is 11.2. The zero-order valence-corrected chi connectivity index (χ0v) is 13.7. The summed E-state index contributed by atoms with van der Waals surface area (Å²) >= 11 is 6.00. The molecule has 0 aliphatic heterocycles. The zero-order valence-electron chi connectivity index (χ0n) is 12.9. The van der Waals surface area contributed by atoms with Crippen LogP contribution in [0.25, 0.3) is 0 Å². The Kier molecular flexibility index (Phi) is 5.14. The molecule has 1 unspecified atom stereocenters.